The molecular weight excluding hydrogens is 183 g/mol. The first-order valence-corrected chi connectivity index (χ1v) is 3.80. The van der Waals surface area contributed by atoms with Gasteiger partial charge in [0.25, 0.3) is 5.91 Å². The van der Waals surface area contributed by atoms with E-state index in [1.54, 1.807) is 6.07 Å². The van der Waals surface area contributed by atoms with Crippen LogP contribution in [0.25, 0.3) is 6.08 Å². The average molecular weight is 190 g/mol. The highest BCUT2D eigenvalue weighted by Gasteiger charge is 2.02. The third-order valence-corrected chi connectivity index (χ3v) is 1.57. The molecule has 70 valence electrons. The van der Waals surface area contributed by atoms with Crippen molar-refractivity contribution < 1.29 is 9.18 Å². The summed E-state index contributed by atoms with van der Waals surface area (Å²) in [4.78, 5) is 10.7. The Morgan fingerprint density at radius 2 is 2.00 bits per heavy atom. The van der Waals surface area contributed by atoms with Crippen molar-refractivity contribution >= 4 is 12.0 Å². The van der Waals surface area contributed by atoms with Crippen molar-refractivity contribution in [1.29, 1.82) is 5.26 Å². The van der Waals surface area contributed by atoms with Gasteiger partial charge in [-0.15, -0.1) is 0 Å². The number of nitriles is 1. The molecule has 0 fully saturated rings. The number of nitrogens with two attached hydrogens (primary N) is 1. The number of carbonyl (C=O) groups is 1. The van der Waals surface area contributed by atoms with Gasteiger partial charge >= 0.3 is 0 Å². The van der Waals surface area contributed by atoms with Crippen LogP contribution >= 0.6 is 0 Å². The molecular formula is C10H7FN2O. The zero-order valence-electron chi connectivity index (χ0n) is 7.20. The van der Waals surface area contributed by atoms with Crippen LogP contribution in [-0.4, -0.2) is 5.91 Å². The van der Waals surface area contributed by atoms with E-state index in [1.165, 1.54) is 30.3 Å². The monoisotopic (exact) mass is 190 g/mol. The Bertz CT molecular complexity index is 415. The molecule has 4 heteroatoms. The predicted molar refractivity (Wildman–Crippen MR) is 49.2 cm³/mol. The van der Waals surface area contributed by atoms with E-state index < -0.39 is 5.91 Å². The van der Waals surface area contributed by atoms with Crippen LogP contribution in [-0.2, 0) is 4.79 Å². The fourth-order valence-corrected chi connectivity index (χ4v) is 0.884. The second-order valence-corrected chi connectivity index (χ2v) is 2.59. The highest BCUT2D eigenvalue weighted by atomic mass is 19.1. The van der Waals surface area contributed by atoms with Gasteiger partial charge < -0.3 is 5.73 Å². The summed E-state index contributed by atoms with van der Waals surface area (Å²) < 4.78 is 12.5. The SMILES string of the molecule is N#CC(=Cc1ccc(F)cc1)C(N)=O. The summed E-state index contributed by atoms with van der Waals surface area (Å²) in [6, 6.07) is 7.04. The van der Waals surface area contributed by atoms with Crippen molar-refractivity contribution in [1.82, 2.24) is 0 Å². The first kappa shape index (κ1) is 9.93. The Balaban J connectivity index is 3.03. The molecule has 0 spiro atoms. The predicted octanol–water partition coefficient (Wildman–Crippen LogP) is 1.22. The van der Waals surface area contributed by atoms with Gasteiger partial charge in [-0.05, 0) is 23.8 Å². The van der Waals surface area contributed by atoms with E-state index in [1.807, 2.05) is 0 Å². The Morgan fingerprint density at radius 1 is 1.43 bits per heavy atom. The van der Waals surface area contributed by atoms with Crippen LogP contribution in [0.2, 0.25) is 0 Å². The lowest BCUT2D eigenvalue weighted by molar-refractivity contribution is -0.114. The van der Waals surface area contributed by atoms with Gasteiger partial charge in [0, 0.05) is 0 Å². The molecule has 0 aromatic heterocycles. The Labute approximate surface area is 80.3 Å². The molecule has 0 atom stereocenters. The van der Waals surface area contributed by atoms with E-state index in [4.69, 9.17) is 11.0 Å². The largest absolute Gasteiger partial charge is 0.365 e. The Hall–Kier alpha value is -2.15. The number of amides is 1. The number of primary amides is 1. The highest BCUT2D eigenvalue weighted by Crippen LogP contribution is 2.07. The lowest BCUT2D eigenvalue weighted by atomic mass is 10.1. The molecule has 0 heterocycles. The summed E-state index contributed by atoms with van der Waals surface area (Å²) in [6.45, 7) is 0. The first-order chi connectivity index (χ1) is 6.63. The molecule has 0 saturated heterocycles. The van der Waals surface area contributed by atoms with Crippen molar-refractivity contribution in [3.05, 3.63) is 41.2 Å². The summed E-state index contributed by atoms with van der Waals surface area (Å²) in [5.74, 6) is -1.17. The Kier molecular flexibility index (Phi) is 2.97. The van der Waals surface area contributed by atoms with Gasteiger partial charge in [0.05, 0.1) is 0 Å². The molecule has 0 aliphatic rings. The lowest BCUT2D eigenvalue weighted by Gasteiger charge is -1.94. The molecule has 0 radical (unpaired) electrons. The van der Waals surface area contributed by atoms with Gasteiger partial charge in [0.2, 0.25) is 0 Å². The standard InChI is InChI=1S/C10H7FN2O/c11-9-3-1-7(2-4-9)5-8(6-12)10(13)14/h1-5H,(H2,13,14). The van der Waals surface area contributed by atoms with E-state index in [0.29, 0.717) is 5.56 Å². The number of hydrogen-bond acceptors (Lipinski definition) is 2. The summed E-state index contributed by atoms with van der Waals surface area (Å²) in [6.07, 6.45) is 1.31. The van der Waals surface area contributed by atoms with Crippen molar-refractivity contribution in [2.24, 2.45) is 5.73 Å². The summed E-state index contributed by atoms with van der Waals surface area (Å²) in [5.41, 5.74) is 5.32. The van der Waals surface area contributed by atoms with Crippen LogP contribution < -0.4 is 5.73 Å². The van der Waals surface area contributed by atoms with E-state index in [2.05, 4.69) is 0 Å². The summed E-state index contributed by atoms with van der Waals surface area (Å²) in [5, 5.41) is 8.52. The second kappa shape index (κ2) is 4.19. The Morgan fingerprint density at radius 3 is 2.43 bits per heavy atom. The van der Waals surface area contributed by atoms with Crippen LogP contribution in [0.1, 0.15) is 5.56 Å². The summed E-state index contributed by atoms with van der Waals surface area (Å²) >= 11 is 0. The van der Waals surface area contributed by atoms with Crippen LogP contribution in [0, 0.1) is 17.1 Å². The fraction of sp³-hybridized carbons (Fsp3) is 0. The van der Waals surface area contributed by atoms with Gasteiger partial charge in [-0.3, -0.25) is 4.79 Å². The zero-order chi connectivity index (χ0) is 10.6. The smallest absolute Gasteiger partial charge is 0.259 e. The van der Waals surface area contributed by atoms with E-state index in [-0.39, 0.29) is 11.4 Å². The number of nitrogens with zero attached hydrogens (tertiary/aromatic N) is 1. The third-order valence-electron chi connectivity index (χ3n) is 1.57. The van der Waals surface area contributed by atoms with Gasteiger partial charge in [0.1, 0.15) is 17.5 Å². The molecule has 14 heavy (non-hydrogen) atoms. The third kappa shape index (κ3) is 2.42. The number of halogens is 1. The molecule has 2 N–H and O–H groups in total. The molecule has 0 unspecified atom stereocenters. The minimum atomic E-state index is -0.795. The molecule has 3 nitrogen and oxygen atoms in total. The molecule has 0 aliphatic heterocycles. The summed E-state index contributed by atoms with van der Waals surface area (Å²) in [7, 11) is 0. The van der Waals surface area contributed by atoms with Crippen molar-refractivity contribution in [3.63, 3.8) is 0 Å². The molecule has 1 aromatic rings. The minimum Gasteiger partial charge on any atom is -0.365 e. The maximum atomic E-state index is 12.5. The van der Waals surface area contributed by atoms with E-state index in [9.17, 15) is 9.18 Å². The van der Waals surface area contributed by atoms with E-state index >= 15 is 0 Å². The quantitative estimate of drug-likeness (QED) is 0.562. The van der Waals surface area contributed by atoms with Crippen LogP contribution in [0.4, 0.5) is 4.39 Å². The van der Waals surface area contributed by atoms with Gasteiger partial charge in [-0.2, -0.15) is 5.26 Å². The lowest BCUT2D eigenvalue weighted by Crippen LogP contribution is -2.12. The number of carbonyl (C=O) groups excluding carboxylic acids is 1. The van der Waals surface area contributed by atoms with Crippen LogP contribution in [0.3, 0.4) is 0 Å². The zero-order valence-corrected chi connectivity index (χ0v) is 7.20. The number of hydrogen-bond donors (Lipinski definition) is 1. The maximum absolute atomic E-state index is 12.5. The molecule has 1 rings (SSSR count). The average Bonchev–Trinajstić information content (AvgIpc) is 2.16. The normalized spacial score (nSPS) is 10.7. The molecule has 0 bridgehead atoms. The van der Waals surface area contributed by atoms with Crippen LogP contribution in [0.5, 0.6) is 0 Å². The van der Waals surface area contributed by atoms with Crippen molar-refractivity contribution in [2.45, 2.75) is 0 Å². The second-order valence-electron chi connectivity index (χ2n) is 2.59. The number of benzene rings is 1. The number of rotatable bonds is 2. The molecule has 1 aromatic carbocycles. The minimum absolute atomic E-state index is 0.156. The van der Waals surface area contributed by atoms with Crippen molar-refractivity contribution in [2.75, 3.05) is 0 Å². The maximum Gasteiger partial charge on any atom is 0.259 e. The van der Waals surface area contributed by atoms with Gasteiger partial charge in [0.15, 0.2) is 0 Å². The van der Waals surface area contributed by atoms with Crippen molar-refractivity contribution in [3.8, 4) is 6.07 Å². The molecule has 1 amide bonds. The van der Waals surface area contributed by atoms with Crippen LogP contribution in [0.15, 0.2) is 29.8 Å². The molecule has 0 aliphatic carbocycles. The topological polar surface area (TPSA) is 66.9 Å². The first-order valence-electron chi connectivity index (χ1n) is 3.80. The van der Waals surface area contributed by atoms with Gasteiger partial charge in [-0.25, -0.2) is 4.39 Å². The fourth-order valence-electron chi connectivity index (χ4n) is 0.884. The van der Waals surface area contributed by atoms with Gasteiger partial charge in [-0.1, -0.05) is 12.1 Å². The van der Waals surface area contributed by atoms with E-state index in [0.717, 1.165) is 0 Å². The molecule has 0 saturated carbocycles. The highest BCUT2D eigenvalue weighted by molar-refractivity contribution is 6.00.